The highest BCUT2D eigenvalue weighted by Crippen LogP contribution is 2.34. The van der Waals surface area contributed by atoms with Gasteiger partial charge in [0.2, 0.25) is 0 Å². The molecule has 3 aromatic carbocycles. The minimum atomic E-state index is -1.02. The highest BCUT2D eigenvalue weighted by Gasteiger charge is 2.24. The van der Waals surface area contributed by atoms with Gasteiger partial charge in [-0.25, -0.2) is 9.59 Å². The number of aryl methyl sites for hydroxylation is 1. The van der Waals surface area contributed by atoms with Gasteiger partial charge < -0.3 is 19.6 Å². The fourth-order valence-corrected chi connectivity index (χ4v) is 3.54. The van der Waals surface area contributed by atoms with E-state index in [0.29, 0.717) is 21.3 Å². The Morgan fingerprint density at radius 1 is 1.00 bits per heavy atom. The summed E-state index contributed by atoms with van der Waals surface area (Å²) in [5.74, 6) is -1.75. The van der Waals surface area contributed by atoms with Gasteiger partial charge in [0.25, 0.3) is 5.91 Å². The van der Waals surface area contributed by atoms with Crippen LogP contribution < -0.4 is 15.7 Å². The van der Waals surface area contributed by atoms with Crippen LogP contribution in [0.2, 0.25) is 0 Å². The molecule has 8 heteroatoms. The summed E-state index contributed by atoms with van der Waals surface area (Å²) in [5.41, 5.74) is -0.415. The van der Waals surface area contributed by atoms with Gasteiger partial charge in [0.05, 0.1) is 16.6 Å². The first-order valence-electron chi connectivity index (χ1n) is 9.49. The smallest absolute Gasteiger partial charge is 0.353 e. The summed E-state index contributed by atoms with van der Waals surface area (Å²) in [6.45, 7) is 1.58. The minimum Gasteiger partial charge on any atom is -0.506 e. The van der Waals surface area contributed by atoms with Crippen LogP contribution in [-0.2, 0) is 0 Å². The zero-order chi connectivity index (χ0) is 22.8. The molecule has 0 saturated heterocycles. The maximum absolute atomic E-state index is 12.7. The summed E-state index contributed by atoms with van der Waals surface area (Å²) in [7, 11) is 0. The van der Waals surface area contributed by atoms with Crippen LogP contribution in [0, 0.1) is 6.92 Å². The number of para-hydroxylation sites is 1. The van der Waals surface area contributed by atoms with Crippen molar-refractivity contribution in [2.45, 2.75) is 6.92 Å². The minimum absolute atomic E-state index is 0.0169. The van der Waals surface area contributed by atoms with Crippen LogP contribution in [0.4, 0.5) is 5.69 Å². The molecule has 4 aromatic rings. The molecule has 1 aromatic heterocycles. The van der Waals surface area contributed by atoms with Crippen LogP contribution in [-0.4, -0.2) is 17.0 Å². The van der Waals surface area contributed by atoms with Gasteiger partial charge in [-0.15, -0.1) is 0 Å². The molecule has 0 spiro atoms. The third-order valence-corrected chi connectivity index (χ3v) is 5.50. The second-order valence-corrected chi connectivity index (χ2v) is 7.72. The molecule has 4 rings (SSSR count). The number of amides is 1. The second kappa shape index (κ2) is 8.68. The lowest BCUT2D eigenvalue weighted by Crippen LogP contribution is -2.21. The first-order valence-corrected chi connectivity index (χ1v) is 10.3. The molecule has 1 amide bonds. The van der Waals surface area contributed by atoms with E-state index in [9.17, 15) is 19.5 Å². The summed E-state index contributed by atoms with van der Waals surface area (Å²) in [6, 6.07) is 18.2. The topological polar surface area (TPSA) is 106 Å². The summed E-state index contributed by atoms with van der Waals surface area (Å²) >= 11 is 3.31. The van der Waals surface area contributed by atoms with Gasteiger partial charge in [-0.2, -0.15) is 0 Å². The SMILES string of the molecule is Cc1c(OC(=O)c2ccccc2)ccc2c(O)c(C(=O)Nc3ccccc3Br)c(=O)oc12. The number of carbonyl (C=O) groups excluding carboxylic acids is 2. The molecule has 1 heterocycles. The molecule has 2 N–H and O–H groups in total. The number of halogens is 1. The number of esters is 1. The molecule has 0 saturated carbocycles. The fourth-order valence-electron chi connectivity index (χ4n) is 3.16. The molecule has 0 unspecified atom stereocenters. The zero-order valence-electron chi connectivity index (χ0n) is 16.7. The highest BCUT2D eigenvalue weighted by atomic mass is 79.9. The lowest BCUT2D eigenvalue weighted by atomic mass is 10.1. The molecule has 160 valence electrons. The van der Waals surface area contributed by atoms with Gasteiger partial charge in [0, 0.05) is 10.0 Å². The lowest BCUT2D eigenvalue weighted by molar-refractivity contribution is 0.0733. The predicted molar refractivity (Wildman–Crippen MR) is 122 cm³/mol. The van der Waals surface area contributed by atoms with E-state index in [4.69, 9.17) is 9.15 Å². The van der Waals surface area contributed by atoms with Gasteiger partial charge in [-0.3, -0.25) is 4.79 Å². The number of nitrogens with one attached hydrogen (secondary N) is 1. The van der Waals surface area contributed by atoms with Gasteiger partial charge in [0.1, 0.15) is 17.1 Å². The van der Waals surface area contributed by atoms with E-state index in [-0.39, 0.29) is 16.7 Å². The van der Waals surface area contributed by atoms with Crippen LogP contribution >= 0.6 is 15.9 Å². The van der Waals surface area contributed by atoms with Crippen LogP contribution in [0.5, 0.6) is 11.5 Å². The number of anilines is 1. The van der Waals surface area contributed by atoms with Crippen LogP contribution in [0.25, 0.3) is 11.0 Å². The Morgan fingerprint density at radius 2 is 1.69 bits per heavy atom. The summed E-state index contributed by atoms with van der Waals surface area (Å²) in [5, 5.41) is 13.4. The predicted octanol–water partition coefficient (Wildman–Crippen LogP) is 5.04. The van der Waals surface area contributed by atoms with Crippen molar-refractivity contribution < 1.29 is 23.8 Å². The zero-order valence-corrected chi connectivity index (χ0v) is 18.3. The Kier molecular flexibility index (Phi) is 5.79. The van der Waals surface area contributed by atoms with Crippen LogP contribution in [0.1, 0.15) is 26.3 Å². The van der Waals surface area contributed by atoms with Gasteiger partial charge in [-0.05, 0) is 59.3 Å². The van der Waals surface area contributed by atoms with Gasteiger partial charge in [-0.1, -0.05) is 30.3 Å². The van der Waals surface area contributed by atoms with Crippen molar-refractivity contribution in [3.63, 3.8) is 0 Å². The first-order chi connectivity index (χ1) is 15.4. The standard InChI is InChI=1S/C24H16BrNO6/c1-13-18(31-23(29)14-7-3-2-4-8-14)12-11-15-20(27)19(24(30)32-21(13)15)22(28)26-17-10-6-5-9-16(17)25/h2-12,27H,1H3,(H,26,28). The Bertz CT molecular complexity index is 1410. The number of ether oxygens (including phenoxy) is 1. The van der Waals surface area contributed by atoms with Crippen molar-refractivity contribution in [1.29, 1.82) is 0 Å². The number of fused-ring (bicyclic) bond motifs is 1. The van der Waals surface area contributed by atoms with Crippen molar-refractivity contribution >= 4 is 44.5 Å². The third kappa shape index (κ3) is 4.00. The van der Waals surface area contributed by atoms with E-state index in [1.54, 1.807) is 61.5 Å². The summed E-state index contributed by atoms with van der Waals surface area (Å²) in [6.07, 6.45) is 0. The number of carbonyl (C=O) groups is 2. The van der Waals surface area contributed by atoms with Gasteiger partial charge >= 0.3 is 11.6 Å². The Morgan fingerprint density at radius 3 is 2.41 bits per heavy atom. The average Bonchev–Trinajstić information content (AvgIpc) is 2.78. The second-order valence-electron chi connectivity index (χ2n) is 6.87. The van der Waals surface area contributed by atoms with Crippen LogP contribution in [0.15, 0.2) is 80.4 Å². The lowest BCUT2D eigenvalue weighted by Gasteiger charge is -2.12. The molecule has 32 heavy (non-hydrogen) atoms. The van der Waals surface area contributed by atoms with Crippen molar-refractivity contribution in [2.75, 3.05) is 5.32 Å². The van der Waals surface area contributed by atoms with E-state index >= 15 is 0 Å². The van der Waals surface area contributed by atoms with Crippen molar-refractivity contribution in [2.24, 2.45) is 0 Å². The molecule has 0 radical (unpaired) electrons. The van der Waals surface area contributed by atoms with E-state index in [2.05, 4.69) is 21.2 Å². The molecule has 0 aliphatic carbocycles. The molecule has 0 bridgehead atoms. The normalized spacial score (nSPS) is 10.7. The van der Waals surface area contributed by atoms with E-state index in [0.717, 1.165) is 0 Å². The van der Waals surface area contributed by atoms with E-state index in [1.807, 2.05) is 0 Å². The number of hydrogen-bond acceptors (Lipinski definition) is 6. The molecular weight excluding hydrogens is 478 g/mol. The maximum atomic E-state index is 12.7. The Labute approximate surface area is 190 Å². The molecule has 0 atom stereocenters. The first kappa shape index (κ1) is 21.3. The number of hydrogen-bond donors (Lipinski definition) is 2. The molecule has 0 aliphatic rings. The number of rotatable bonds is 4. The quantitative estimate of drug-likeness (QED) is 0.234. The third-order valence-electron chi connectivity index (χ3n) is 4.81. The van der Waals surface area contributed by atoms with Gasteiger partial charge in [0.15, 0.2) is 5.56 Å². The number of benzene rings is 3. The Balaban J connectivity index is 1.71. The van der Waals surface area contributed by atoms with Crippen molar-refractivity contribution in [1.82, 2.24) is 0 Å². The van der Waals surface area contributed by atoms with Crippen LogP contribution in [0.3, 0.4) is 0 Å². The average molecular weight is 494 g/mol. The molecule has 0 fully saturated rings. The number of aromatic hydroxyl groups is 1. The molecular formula is C24H16BrNO6. The van der Waals surface area contributed by atoms with E-state index < -0.39 is 28.8 Å². The summed E-state index contributed by atoms with van der Waals surface area (Å²) < 4.78 is 11.4. The molecule has 0 aliphatic heterocycles. The van der Waals surface area contributed by atoms with Crippen molar-refractivity contribution in [3.05, 3.63) is 98.3 Å². The maximum Gasteiger partial charge on any atom is 0.353 e. The highest BCUT2D eigenvalue weighted by molar-refractivity contribution is 9.10. The summed E-state index contributed by atoms with van der Waals surface area (Å²) in [4.78, 5) is 37.6. The van der Waals surface area contributed by atoms with Crippen molar-refractivity contribution in [3.8, 4) is 11.5 Å². The largest absolute Gasteiger partial charge is 0.506 e. The van der Waals surface area contributed by atoms with E-state index in [1.165, 1.54) is 12.1 Å². The molecule has 7 nitrogen and oxygen atoms in total. The fraction of sp³-hybridized carbons (Fsp3) is 0.0417. The monoisotopic (exact) mass is 493 g/mol. The Hall–Kier alpha value is -3.91.